The number of carbonyl (C=O) groups excluding carboxylic acids is 1. The first-order chi connectivity index (χ1) is 5.75. The maximum Gasteiger partial charge on any atom is 0.315 e. The van der Waals surface area contributed by atoms with Gasteiger partial charge in [-0.25, -0.2) is 0 Å². The number of hydrogen-bond donors (Lipinski definition) is 1. The molecule has 2 fully saturated rings. The zero-order valence-electron chi connectivity index (χ0n) is 6.47. The molecule has 0 spiro atoms. The summed E-state index contributed by atoms with van der Waals surface area (Å²) in [5.74, 6) is 0.568. The molecule has 2 rings (SSSR count). The van der Waals surface area contributed by atoms with Crippen LogP contribution < -0.4 is 0 Å². The van der Waals surface area contributed by atoms with Gasteiger partial charge in [0.1, 0.15) is 0 Å². The summed E-state index contributed by atoms with van der Waals surface area (Å²) in [6.45, 7) is 3.31. The van der Waals surface area contributed by atoms with E-state index in [2.05, 4.69) is 11.3 Å². The first-order valence-corrected chi connectivity index (χ1v) is 4.91. The van der Waals surface area contributed by atoms with Gasteiger partial charge in [-0.2, -0.15) is 11.8 Å². The summed E-state index contributed by atoms with van der Waals surface area (Å²) in [5, 5.41) is 9.67. The fourth-order valence-electron chi connectivity index (χ4n) is 1.75. The van der Waals surface area contributed by atoms with Gasteiger partial charge in [-0.3, -0.25) is 4.79 Å². The Morgan fingerprint density at radius 2 is 2.58 bits per heavy atom. The second-order valence-corrected chi connectivity index (χ2v) is 4.28. The van der Waals surface area contributed by atoms with Crippen LogP contribution in [0.1, 0.15) is 1.43 Å². The number of thioether (sulfide) groups is 1. The lowest BCUT2D eigenvalue weighted by atomic mass is 10.2. The quantitative estimate of drug-likeness (QED) is 0.510. The van der Waals surface area contributed by atoms with Gasteiger partial charge in [0, 0.05) is 18.3 Å². The smallest absolute Gasteiger partial charge is 0.315 e. The van der Waals surface area contributed by atoms with Crippen LogP contribution in [0, 0.1) is 11.8 Å². The van der Waals surface area contributed by atoms with Crippen molar-refractivity contribution in [2.24, 2.45) is 11.8 Å². The Morgan fingerprint density at radius 3 is 3.08 bits per heavy atom. The maximum absolute atomic E-state index is 11.1. The second kappa shape index (κ2) is 2.78. The summed E-state index contributed by atoms with van der Waals surface area (Å²) in [7, 11) is 0. The highest BCUT2D eigenvalue weighted by atomic mass is 32.2. The average Bonchev–Trinajstić information content (AvgIpc) is 2.65. The van der Waals surface area contributed by atoms with E-state index in [1.54, 1.807) is 11.8 Å². The third-order valence-corrected chi connectivity index (χ3v) is 3.91. The Hall–Kier alpha value is -0.480. The number of hydrogen-bond acceptors (Lipinski definition) is 4. The summed E-state index contributed by atoms with van der Waals surface area (Å²) < 4.78 is 4.65. The molecule has 0 aromatic rings. The fraction of sp³-hybridized carbons (Fsp3) is 0.625. The number of aliphatic hydroxyl groups is 1. The number of rotatable bonds is 2. The molecule has 12 heavy (non-hydrogen) atoms. The van der Waals surface area contributed by atoms with Crippen molar-refractivity contribution in [2.45, 2.75) is 11.4 Å². The summed E-state index contributed by atoms with van der Waals surface area (Å²) in [4.78, 5) is 11.1. The molecular formula is C8H12O3S. The van der Waals surface area contributed by atoms with E-state index in [-0.39, 0.29) is 25.3 Å². The molecule has 3 nitrogen and oxygen atoms in total. The zero-order valence-corrected chi connectivity index (χ0v) is 7.29. The highest BCUT2D eigenvalue weighted by Crippen LogP contribution is 2.56. The van der Waals surface area contributed by atoms with Crippen molar-refractivity contribution in [2.75, 3.05) is 5.75 Å². The van der Waals surface area contributed by atoms with Gasteiger partial charge in [-0.1, -0.05) is 6.58 Å². The molecule has 1 N–H and O–H groups in total. The maximum atomic E-state index is 11.1. The van der Waals surface area contributed by atoms with Crippen LogP contribution in [-0.4, -0.2) is 28.2 Å². The monoisotopic (exact) mass is 188 g/mol. The van der Waals surface area contributed by atoms with Crippen molar-refractivity contribution < 1.29 is 16.1 Å². The molecule has 0 unspecified atom stereocenters. The molecule has 1 saturated carbocycles. The SMILES string of the molecule is C=COC(=O)[C@H]1[C@@H]2SC[C@@H](O)[C@@H]21.[HH]. The van der Waals surface area contributed by atoms with Crippen molar-refractivity contribution in [3.05, 3.63) is 12.8 Å². The average molecular weight is 188 g/mol. The van der Waals surface area contributed by atoms with Crippen LogP contribution in [0.4, 0.5) is 0 Å². The molecule has 0 bridgehead atoms. The molecular weight excluding hydrogens is 176 g/mol. The van der Waals surface area contributed by atoms with Crippen molar-refractivity contribution in [1.29, 1.82) is 0 Å². The Bertz CT molecular complexity index is 233. The minimum Gasteiger partial charge on any atom is -0.435 e. The van der Waals surface area contributed by atoms with Gasteiger partial charge < -0.3 is 9.84 Å². The van der Waals surface area contributed by atoms with Crippen molar-refractivity contribution in [3.8, 4) is 0 Å². The molecule has 4 atom stereocenters. The molecule has 0 radical (unpaired) electrons. The van der Waals surface area contributed by atoms with Crippen molar-refractivity contribution >= 4 is 17.7 Å². The van der Waals surface area contributed by atoms with Crippen molar-refractivity contribution in [1.82, 2.24) is 0 Å². The summed E-state index contributed by atoms with van der Waals surface area (Å²) in [6, 6.07) is 0. The van der Waals surface area contributed by atoms with Gasteiger partial charge in [0.2, 0.25) is 0 Å². The standard InChI is InChI=1S/C8H10O3S.H2/c1-2-11-8(10)6-5-4(9)3-12-7(5)6;/h2,4-7,9H,1,3H2;1H/t4-,5-,6-,7-;/m1./s1. The number of aliphatic hydroxyl groups excluding tert-OH is 1. The zero-order chi connectivity index (χ0) is 8.72. The molecule has 2 aliphatic rings. The highest BCUT2D eigenvalue weighted by Gasteiger charge is 2.63. The number of fused-ring (bicyclic) bond motifs is 1. The minimum atomic E-state index is -0.317. The van der Waals surface area contributed by atoms with Crippen LogP contribution >= 0.6 is 11.8 Å². The Balaban J connectivity index is 0.000000845. The lowest BCUT2D eigenvalue weighted by molar-refractivity contribution is -0.140. The van der Waals surface area contributed by atoms with Gasteiger partial charge in [0.05, 0.1) is 18.3 Å². The van der Waals surface area contributed by atoms with Crippen molar-refractivity contribution in [3.63, 3.8) is 0 Å². The first-order valence-electron chi connectivity index (χ1n) is 3.87. The highest BCUT2D eigenvalue weighted by molar-refractivity contribution is 8.00. The Morgan fingerprint density at radius 1 is 1.83 bits per heavy atom. The Labute approximate surface area is 76.3 Å². The van der Waals surface area contributed by atoms with Gasteiger partial charge in [0.25, 0.3) is 0 Å². The molecule has 1 aliphatic carbocycles. The van der Waals surface area contributed by atoms with Crippen LogP contribution in [0.25, 0.3) is 0 Å². The van der Waals surface area contributed by atoms with Crippen LogP contribution in [0.15, 0.2) is 12.8 Å². The minimum absolute atomic E-state index is 0. The second-order valence-electron chi connectivity index (χ2n) is 3.07. The van der Waals surface area contributed by atoms with E-state index in [1.807, 2.05) is 0 Å². The van der Waals surface area contributed by atoms with E-state index in [0.29, 0.717) is 5.25 Å². The molecule has 1 saturated heterocycles. The molecule has 0 amide bonds. The molecule has 4 heteroatoms. The van der Waals surface area contributed by atoms with E-state index in [9.17, 15) is 9.90 Å². The molecule has 0 aromatic carbocycles. The largest absolute Gasteiger partial charge is 0.435 e. The van der Waals surface area contributed by atoms with Gasteiger partial charge >= 0.3 is 5.97 Å². The van der Waals surface area contributed by atoms with Gasteiger partial charge in [0.15, 0.2) is 0 Å². The fourth-order valence-corrected chi connectivity index (χ4v) is 3.37. The van der Waals surface area contributed by atoms with Gasteiger partial charge in [-0.05, 0) is 0 Å². The van der Waals surface area contributed by atoms with Crippen LogP contribution in [0.3, 0.4) is 0 Å². The number of ether oxygens (including phenoxy) is 1. The molecule has 0 aromatic heterocycles. The summed E-state index contributed by atoms with van der Waals surface area (Å²) in [6.07, 6.45) is 0.829. The topological polar surface area (TPSA) is 46.5 Å². The van der Waals surface area contributed by atoms with E-state index in [4.69, 9.17) is 0 Å². The first kappa shape index (κ1) is 8.13. The predicted molar refractivity (Wildman–Crippen MR) is 47.6 cm³/mol. The molecule has 1 aliphatic heterocycles. The molecule has 1 heterocycles. The van der Waals surface area contributed by atoms with Gasteiger partial charge in [-0.15, -0.1) is 0 Å². The van der Waals surface area contributed by atoms with E-state index in [1.165, 1.54) is 0 Å². The van der Waals surface area contributed by atoms with Crippen LogP contribution in [-0.2, 0) is 9.53 Å². The van der Waals surface area contributed by atoms with Crippen LogP contribution in [0.5, 0.6) is 0 Å². The predicted octanol–water partition coefficient (Wildman–Crippen LogP) is 0.641. The lowest BCUT2D eigenvalue weighted by Crippen LogP contribution is -2.16. The normalized spacial score (nSPS) is 43.4. The lowest BCUT2D eigenvalue weighted by Gasteiger charge is -2.04. The van der Waals surface area contributed by atoms with Crippen LogP contribution in [0.2, 0.25) is 0 Å². The summed E-state index contributed by atoms with van der Waals surface area (Å²) >= 11 is 1.66. The summed E-state index contributed by atoms with van der Waals surface area (Å²) in [5.41, 5.74) is 0. The third kappa shape index (κ3) is 1.06. The number of carbonyl (C=O) groups is 1. The third-order valence-electron chi connectivity index (χ3n) is 2.38. The van der Waals surface area contributed by atoms with E-state index < -0.39 is 0 Å². The molecule has 68 valence electrons. The van der Waals surface area contributed by atoms with E-state index >= 15 is 0 Å². The van der Waals surface area contributed by atoms with E-state index in [0.717, 1.165) is 12.0 Å². The number of esters is 1. The Kier molecular flexibility index (Phi) is 1.88.